The Morgan fingerprint density at radius 1 is 1.63 bits per heavy atom. The largest absolute Gasteiger partial charge is 0.344 e. The summed E-state index contributed by atoms with van der Waals surface area (Å²) in [6, 6.07) is 4.03. The van der Waals surface area contributed by atoms with Crippen LogP contribution in [0.1, 0.15) is 12.0 Å². The summed E-state index contributed by atoms with van der Waals surface area (Å²) in [5, 5.41) is 12.5. The van der Waals surface area contributed by atoms with E-state index in [9.17, 15) is 4.79 Å². The van der Waals surface area contributed by atoms with Gasteiger partial charge in [0, 0.05) is 25.7 Å². The molecule has 0 aliphatic carbocycles. The van der Waals surface area contributed by atoms with E-state index in [1.54, 1.807) is 16.2 Å². The number of aromatic amines is 1. The van der Waals surface area contributed by atoms with E-state index in [0.717, 1.165) is 24.2 Å². The molecular weight excluding hydrogens is 260 g/mol. The smallest absolute Gasteiger partial charge is 0.239 e. The summed E-state index contributed by atoms with van der Waals surface area (Å²) in [6.07, 6.45) is 2.70. The van der Waals surface area contributed by atoms with Crippen molar-refractivity contribution in [1.29, 1.82) is 0 Å². The van der Waals surface area contributed by atoms with Crippen LogP contribution in [-0.4, -0.2) is 40.6 Å². The standard InChI is InChI=1S/C13H16N4OS/c1-17-5-4-10(13(17)18)14-7-9-8-15-16-12(9)11-3-2-6-19-11/h2-3,6,8,10,14H,4-5,7H2,1H3,(H,15,16). The van der Waals surface area contributed by atoms with Gasteiger partial charge in [-0.05, 0) is 17.9 Å². The minimum Gasteiger partial charge on any atom is -0.344 e. The van der Waals surface area contributed by atoms with Crippen molar-refractivity contribution in [2.24, 2.45) is 0 Å². The molecule has 2 aromatic heterocycles. The molecule has 1 atom stereocenters. The number of amides is 1. The Bertz CT molecular complexity index is 563. The number of hydrogen-bond acceptors (Lipinski definition) is 4. The summed E-state index contributed by atoms with van der Waals surface area (Å²) in [7, 11) is 1.85. The molecule has 100 valence electrons. The van der Waals surface area contributed by atoms with Gasteiger partial charge in [-0.3, -0.25) is 9.89 Å². The van der Waals surface area contributed by atoms with E-state index in [0.29, 0.717) is 6.54 Å². The van der Waals surface area contributed by atoms with Crippen LogP contribution in [0.4, 0.5) is 0 Å². The van der Waals surface area contributed by atoms with Crippen LogP contribution in [0.15, 0.2) is 23.7 Å². The van der Waals surface area contributed by atoms with Crippen LogP contribution in [0.3, 0.4) is 0 Å². The highest BCUT2D eigenvalue weighted by atomic mass is 32.1. The van der Waals surface area contributed by atoms with E-state index < -0.39 is 0 Å². The molecule has 1 aliphatic rings. The van der Waals surface area contributed by atoms with E-state index in [4.69, 9.17) is 0 Å². The Kier molecular flexibility index (Phi) is 3.35. The van der Waals surface area contributed by atoms with E-state index in [-0.39, 0.29) is 11.9 Å². The molecule has 6 heteroatoms. The Morgan fingerprint density at radius 3 is 3.21 bits per heavy atom. The van der Waals surface area contributed by atoms with Gasteiger partial charge >= 0.3 is 0 Å². The van der Waals surface area contributed by atoms with Gasteiger partial charge in [0.1, 0.15) is 0 Å². The SMILES string of the molecule is CN1CCC(NCc2cn[nH]c2-c2cccs2)C1=O. The molecule has 0 radical (unpaired) electrons. The van der Waals surface area contributed by atoms with Crippen molar-refractivity contribution in [3.63, 3.8) is 0 Å². The van der Waals surface area contributed by atoms with Crippen LogP contribution in [-0.2, 0) is 11.3 Å². The number of nitrogens with zero attached hydrogens (tertiary/aromatic N) is 2. The highest BCUT2D eigenvalue weighted by Gasteiger charge is 2.28. The Balaban J connectivity index is 1.68. The summed E-state index contributed by atoms with van der Waals surface area (Å²) in [6.45, 7) is 1.49. The van der Waals surface area contributed by atoms with E-state index in [1.807, 2.05) is 24.7 Å². The van der Waals surface area contributed by atoms with Crippen LogP contribution in [0, 0.1) is 0 Å². The normalized spacial score (nSPS) is 19.3. The zero-order chi connectivity index (χ0) is 13.2. The van der Waals surface area contributed by atoms with Gasteiger partial charge in [-0.15, -0.1) is 11.3 Å². The number of likely N-dealkylation sites (N-methyl/N-ethyl adjacent to an activating group) is 1. The third-order valence-electron chi connectivity index (χ3n) is 3.45. The highest BCUT2D eigenvalue weighted by molar-refractivity contribution is 7.13. The molecule has 0 bridgehead atoms. The predicted octanol–water partition coefficient (Wildman–Crippen LogP) is 1.46. The topological polar surface area (TPSA) is 61.0 Å². The lowest BCUT2D eigenvalue weighted by atomic mass is 10.2. The fourth-order valence-corrected chi connectivity index (χ4v) is 3.08. The number of likely N-dealkylation sites (tertiary alicyclic amines) is 1. The molecule has 2 N–H and O–H groups in total. The quantitative estimate of drug-likeness (QED) is 0.888. The molecule has 5 nitrogen and oxygen atoms in total. The average Bonchev–Trinajstić information content (AvgIpc) is 3.11. The van der Waals surface area contributed by atoms with Gasteiger partial charge in [0.2, 0.25) is 5.91 Å². The predicted molar refractivity (Wildman–Crippen MR) is 74.8 cm³/mol. The second kappa shape index (κ2) is 5.14. The molecule has 1 amide bonds. The van der Waals surface area contributed by atoms with Crippen LogP contribution >= 0.6 is 11.3 Å². The van der Waals surface area contributed by atoms with E-state index in [1.165, 1.54) is 4.88 Å². The maximum absolute atomic E-state index is 11.8. The molecule has 1 unspecified atom stereocenters. The fraction of sp³-hybridized carbons (Fsp3) is 0.385. The fourth-order valence-electron chi connectivity index (χ4n) is 2.32. The van der Waals surface area contributed by atoms with Crippen LogP contribution in [0.2, 0.25) is 0 Å². The van der Waals surface area contributed by atoms with Crippen molar-refractivity contribution in [2.75, 3.05) is 13.6 Å². The van der Waals surface area contributed by atoms with Crippen LogP contribution in [0.5, 0.6) is 0 Å². The van der Waals surface area contributed by atoms with Crippen molar-refractivity contribution >= 4 is 17.2 Å². The lowest BCUT2D eigenvalue weighted by Gasteiger charge is -2.11. The number of thiophene rings is 1. The molecule has 3 rings (SSSR count). The van der Waals surface area contributed by atoms with Gasteiger partial charge in [-0.2, -0.15) is 5.10 Å². The summed E-state index contributed by atoms with van der Waals surface area (Å²) >= 11 is 1.68. The molecule has 1 aliphatic heterocycles. The van der Waals surface area contributed by atoms with Crippen LogP contribution in [0.25, 0.3) is 10.6 Å². The number of carbonyl (C=O) groups is 1. The van der Waals surface area contributed by atoms with Gasteiger partial charge in [-0.1, -0.05) is 6.07 Å². The monoisotopic (exact) mass is 276 g/mol. The summed E-state index contributed by atoms with van der Waals surface area (Å²) in [5.41, 5.74) is 2.14. The third kappa shape index (κ3) is 2.41. The second-order valence-corrected chi connectivity index (χ2v) is 5.68. The maximum atomic E-state index is 11.8. The number of H-pyrrole nitrogens is 1. The zero-order valence-corrected chi connectivity index (χ0v) is 11.5. The third-order valence-corrected chi connectivity index (χ3v) is 4.34. The van der Waals surface area contributed by atoms with Crippen molar-refractivity contribution in [3.05, 3.63) is 29.3 Å². The first-order valence-electron chi connectivity index (χ1n) is 6.30. The highest BCUT2D eigenvalue weighted by Crippen LogP contribution is 2.25. The number of rotatable bonds is 4. The van der Waals surface area contributed by atoms with Gasteiger partial charge in [0.25, 0.3) is 0 Å². The minimum atomic E-state index is -0.0592. The van der Waals surface area contributed by atoms with Gasteiger partial charge < -0.3 is 10.2 Å². The number of hydrogen-bond donors (Lipinski definition) is 2. The number of aromatic nitrogens is 2. The summed E-state index contributed by atoms with van der Waals surface area (Å²) < 4.78 is 0. The lowest BCUT2D eigenvalue weighted by Crippen LogP contribution is -2.36. The maximum Gasteiger partial charge on any atom is 0.239 e. The Hall–Kier alpha value is -1.66. The van der Waals surface area contributed by atoms with Gasteiger partial charge in [0.05, 0.1) is 22.8 Å². The molecule has 0 spiro atoms. The van der Waals surface area contributed by atoms with Gasteiger partial charge in [-0.25, -0.2) is 0 Å². The Morgan fingerprint density at radius 2 is 2.53 bits per heavy atom. The minimum absolute atomic E-state index is 0.0592. The van der Waals surface area contributed by atoms with Gasteiger partial charge in [0.15, 0.2) is 0 Å². The molecule has 0 saturated carbocycles. The second-order valence-electron chi connectivity index (χ2n) is 4.73. The molecule has 0 aromatic carbocycles. The Labute approximate surface area is 115 Å². The van der Waals surface area contributed by atoms with Crippen molar-refractivity contribution < 1.29 is 4.79 Å². The molecule has 3 heterocycles. The van der Waals surface area contributed by atoms with Crippen molar-refractivity contribution in [1.82, 2.24) is 20.4 Å². The first-order valence-corrected chi connectivity index (χ1v) is 7.18. The molecule has 1 fully saturated rings. The number of nitrogens with one attached hydrogen (secondary N) is 2. The zero-order valence-electron chi connectivity index (χ0n) is 10.7. The first kappa shape index (κ1) is 12.4. The lowest BCUT2D eigenvalue weighted by molar-refractivity contribution is -0.128. The average molecular weight is 276 g/mol. The molecule has 1 saturated heterocycles. The van der Waals surface area contributed by atoms with Crippen LogP contribution < -0.4 is 5.32 Å². The van der Waals surface area contributed by atoms with Crippen molar-refractivity contribution in [2.45, 2.75) is 19.0 Å². The molecule has 2 aromatic rings. The summed E-state index contributed by atoms with van der Waals surface area (Å²) in [5.74, 6) is 0.182. The number of carbonyl (C=O) groups excluding carboxylic acids is 1. The summed E-state index contributed by atoms with van der Waals surface area (Å²) in [4.78, 5) is 14.8. The van der Waals surface area contributed by atoms with Crippen molar-refractivity contribution in [3.8, 4) is 10.6 Å². The van der Waals surface area contributed by atoms with E-state index in [2.05, 4.69) is 21.6 Å². The van der Waals surface area contributed by atoms with E-state index >= 15 is 0 Å². The molecular formula is C13H16N4OS. The molecule has 19 heavy (non-hydrogen) atoms. The first-order chi connectivity index (χ1) is 9.25.